The minimum Gasteiger partial charge on any atom is -0.432 e. The summed E-state index contributed by atoms with van der Waals surface area (Å²) in [6.45, 7) is 16.1. The zero-order chi connectivity index (χ0) is 19.3. The van der Waals surface area contributed by atoms with Gasteiger partial charge in [0.05, 0.1) is 11.2 Å². The number of hydrogen-bond acceptors (Lipinski definition) is 3. The van der Waals surface area contributed by atoms with E-state index in [1.54, 1.807) is 12.1 Å². The maximum Gasteiger partial charge on any atom is 0.495 e. The summed E-state index contributed by atoms with van der Waals surface area (Å²) < 4.78 is 26.2. The Hall–Kier alpha value is -0.688. The van der Waals surface area contributed by atoms with Crippen molar-refractivity contribution in [3.8, 4) is 0 Å². The summed E-state index contributed by atoms with van der Waals surface area (Å²) >= 11 is 0. The monoisotopic (exact) mass is 366 g/mol. The molecule has 0 radical (unpaired) electrons. The topological polar surface area (TPSA) is 38.7 Å². The van der Waals surface area contributed by atoms with Gasteiger partial charge in [0.25, 0.3) is 0 Å². The molecule has 0 atom stereocenters. The molecule has 1 fully saturated rings. The fourth-order valence-corrected chi connectivity index (χ4v) is 3.48. The predicted molar refractivity (Wildman–Crippen MR) is 104 cm³/mol. The highest BCUT2D eigenvalue weighted by Crippen LogP contribution is 2.40. The number of hydrogen-bond donors (Lipinski definition) is 1. The van der Waals surface area contributed by atoms with Gasteiger partial charge >= 0.3 is 7.12 Å². The summed E-state index contributed by atoms with van der Waals surface area (Å²) in [5.41, 5.74) is 0.920. The Bertz CT molecular complexity index is 622. The van der Waals surface area contributed by atoms with Crippen molar-refractivity contribution in [1.29, 1.82) is 0 Å². The van der Waals surface area contributed by atoms with Crippen molar-refractivity contribution in [2.75, 3.05) is 0 Å². The third-order valence-electron chi connectivity index (χ3n) is 6.29. The third kappa shape index (κ3) is 4.18. The van der Waals surface area contributed by atoms with Crippen LogP contribution in [0.3, 0.4) is 0 Å². The van der Waals surface area contributed by atoms with E-state index >= 15 is 0 Å². The Kier molecular flexibility index (Phi) is 5.35. The zero-order valence-corrected chi connectivity index (χ0v) is 17.9. The lowest BCUT2D eigenvalue weighted by molar-refractivity contribution is 0.00578. The van der Waals surface area contributed by atoms with E-state index in [-0.39, 0.29) is 10.9 Å². The van der Waals surface area contributed by atoms with Gasteiger partial charge in [0.1, 0.15) is 5.82 Å². The summed E-state index contributed by atoms with van der Waals surface area (Å²) in [5.74, 6) is -0.256. The maximum atomic E-state index is 13.9. The van der Waals surface area contributed by atoms with Crippen molar-refractivity contribution >= 4 is 20.9 Å². The Morgan fingerprint density at radius 1 is 1.12 bits per heavy atom. The number of aryl methyl sites for hydroxylation is 1. The second-order valence-electron chi connectivity index (χ2n) is 9.37. The first kappa shape index (κ1) is 20.6. The molecule has 25 heavy (non-hydrogen) atoms. The molecule has 0 amide bonds. The minimum absolute atomic E-state index is 0.160. The van der Waals surface area contributed by atoms with Crippen LogP contribution in [0.15, 0.2) is 18.2 Å². The summed E-state index contributed by atoms with van der Waals surface area (Å²) in [6.07, 6.45) is 1.47. The summed E-state index contributed by atoms with van der Waals surface area (Å²) in [4.78, 5) is 10.5. The highest BCUT2D eigenvalue weighted by Gasteiger charge is 2.52. The molecule has 1 aliphatic heterocycles. The molecule has 1 heterocycles. The van der Waals surface area contributed by atoms with Crippen LogP contribution in [0.25, 0.3) is 0 Å². The van der Waals surface area contributed by atoms with Crippen LogP contribution in [0, 0.1) is 5.82 Å². The first-order chi connectivity index (χ1) is 11.2. The van der Waals surface area contributed by atoms with Crippen molar-refractivity contribution in [2.24, 2.45) is 0 Å². The van der Waals surface area contributed by atoms with E-state index in [4.69, 9.17) is 9.31 Å². The van der Waals surface area contributed by atoms with Gasteiger partial charge in [-0.1, -0.05) is 19.9 Å². The molecule has 0 unspecified atom stereocenters. The van der Waals surface area contributed by atoms with Crippen LogP contribution in [0.1, 0.15) is 53.5 Å². The summed E-state index contributed by atoms with van der Waals surface area (Å²) in [5, 5.41) is -0.160. The molecule has 1 aliphatic rings. The van der Waals surface area contributed by atoms with Crippen molar-refractivity contribution in [1.82, 2.24) is 0 Å². The van der Waals surface area contributed by atoms with Gasteiger partial charge in [0.15, 0.2) is 8.32 Å². The number of halogens is 1. The maximum absolute atomic E-state index is 13.9. The lowest BCUT2D eigenvalue weighted by Gasteiger charge is -2.35. The van der Waals surface area contributed by atoms with Crippen LogP contribution in [0.5, 0.6) is 0 Å². The first-order valence-electron chi connectivity index (χ1n) is 9.03. The molecular weight excluding hydrogens is 334 g/mol. The van der Waals surface area contributed by atoms with Crippen molar-refractivity contribution in [3.63, 3.8) is 0 Å². The number of rotatable bonds is 5. The van der Waals surface area contributed by atoms with Gasteiger partial charge in [-0.3, -0.25) is 0 Å². The molecular formula is C19H32BFO3Si. The van der Waals surface area contributed by atoms with Crippen molar-refractivity contribution in [2.45, 2.75) is 83.7 Å². The smallest absolute Gasteiger partial charge is 0.432 e. The second-order valence-corrected chi connectivity index (χ2v) is 13.8. The van der Waals surface area contributed by atoms with Crippen molar-refractivity contribution < 1.29 is 18.5 Å². The quantitative estimate of drug-likeness (QED) is 0.800. The van der Waals surface area contributed by atoms with Crippen LogP contribution in [0.4, 0.5) is 4.39 Å². The predicted octanol–water partition coefficient (Wildman–Crippen LogP) is 4.04. The SMILES string of the molecule is CC1(C)OB(c2ccc(F)cc2CCC(C)(C)[Si](C)(C)O)OC1(C)C. The van der Waals surface area contributed by atoms with E-state index in [0.29, 0.717) is 6.42 Å². The Balaban J connectivity index is 2.28. The first-order valence-corrected chi connectivity index (χ1v) is 12.0. The van der Waals surface area contributed by atoms with Gasteiger partial charge in [0, 0.05) is 0 Å². The second kappa shape index (κ2) is 6.48. The Labute approximate surface area is 153 Å². The lowest BCUT2D eigenvalue weighted by atomic mass is 9.74. The average Bonchev–Trinajstić information content (AvgIpc) is 2.64. The van der Waals surface area contributed by atoms with E-state index < -0.39 is 26.6 Å². The third-order valence-corrected chi connectivity index (χ3v) is 9.85. The average molecular weight is 366 g/mol. The van der Waals surface area contributed by atoms with Gasteiger partial charge in [-0.25, -0.2) is 4.39 Å². The molecule has 1 N–H and O–H groups in total. The Morgan fingerprint density at radius 2 is 1.64 bits per heavy atom. The van der Waals surface area contributed by atoms with Gasteiger partial charge < -0.3 is 14.1 Å². The molecule has 1 saturated heterocycles. The molecule has 3 nitrogen and oxygen atoms in total. The zero-order valence-electron chi connectivity index (χ0n) is 16.9. The largest absolute Gasteiger partial charge is 0.495 e. The molecule has 6 heteroatoms. The molecule has 0 saturated carbocycles. The van der Waals surface area contributed by atoms with Crippen molar-refractivity contribution in [3.05, 3.63) is 29.6 Å². The summed E-state index contributed by atoms with van der Waals surface area (Å²) in [7, 11) is -2.80. The normalized spacial score (nSPS) is 20.2. The summed E-state index contributed by atoms with van der Waals surface area (Å²) in [6, 6.07) is 4.80. The van der Waals surface area contributed by atoms with E-state index in [1.165, 1.54) is 6.07 Å². The molecule has 2 rings (SSSR count). The van der Waals surface area contributed by atoms with E-state index in [0.717, 1.165) is 17.4 Å². The van der Waals surface area contributed by atoms with Crippen LogP contribution >= 0.6 is 0 Å². The van der Waals surface area contributed by atoms with Crippen LogP contribution in [-0.2, 0) is 15.7 Å². The highest BCUT2D eigenvalue weighted by atomic mass is 28.4. The molecule has 1 aromatic carbocycles. The van der Waals surface area contributed by atoms with E-state index in [1.807, 2.05) is 40.8 Å². The van der Waals surface area contributed by atoms with Crippen LogP contribution in [-0.4, -0.2) is 31.4 Å². The molecule has 0 bridgehead atoms. The highest BCUT2D eigenvalue weighted by molar-refractivity contribution is 6.72. The van der Waals surface area contributed by atoms with Gasteiger partial charge in [-0.15, -0.1) is 0 Å². The molecule has 140 valence electrons. The van der Waals surface area contributed by atoms with Crippen LogP contribution < -0.4 is 5.46 Å². The fourth-order valence-electron chi connectivity index (χ4n) is 2.74. The van der Waals surface area contributed by atoms with Gasteiger partial charge in [-0.05, 0) is 81.8 Å². The number of benzene rings is 1. The standard InChI is InChI=1S/C19H32BFO3Si/c1-17(2,25(7,8)22)12-11-14-13-15(21)9-10-16(14)20-23-18(3,4)19(5,6)24-20/h9-10,13,22H,11-12H2,1-8H3. The van der Waals surface area contributed by atoms with E-state index in [2.05, 4.69) is 13.8 Å². The minimum atomic E-state index is -2.30. The lowest BCUT2D eigenvalue weighted by Crippen LogP contribution is -2.41. The van der Waals surface area contributed by atoms with Gasteiger partial charge in [-0.2, -0.15) is 0 Å². The van der Waals surface area contributed by atoms with Crippen LogP contribution in [0.2, 0.25) is 18.1 Å². The van der Waals surface area contributed by atoms with Gasteiger partial charge in [0.2, 0.25) is 0 Å². The molecule has 0 aliphatic carbocycles. The fraction of sp³-hybridized carbons (Fsp3) is 0.684. The molecule has 1 aromatic rings. The molecule has 0 aromatic heterocycles. The molecule has 0 spiro atoms. The Morgan fingerprint density at radius 3 is 2.12 bits per heavy atom. The van der Waals surface area contributed by atoms with E-state index in [9.17, 15) is 9.19 Å².